The van der Waals surface area contributed by atoms with Crippen LogP contribution in [-0.4, -0.2) is 43.5 Å². The van der Waals surface area contributed by atoms with Gasteiger partial charge in [0.05, 0.1) is 5.16 Å². The van der Waals surface area contributed by atoms with Crippen LogP contribution in [0.15, 0.2) is 84.9 Å². The van der Waals surface area contributed by atoms with Gasteiger partial charge >= 0.3 is 17.1 Å². The first-order valence-electron chi connectivity index (χ1n) is 15.5. The molecule has 6 rings (SSSR count). The molecule has 0 saturated carbocycles. The van der Waals surface area contributed by atoms with Crippen LogP contribution in [0.3, 0.4) is 0 Å². The molecule has 0 saturated heterocycles. The third kappa shape index (κ3) is 4.56. The van der Waals surface area contributed by atoms with Crippen LogP contribution in [0.1, 0.15) is 56.9 Å². The molecule has 2 aliphatic rings. The summed E-state index contributed by atoms with van der Waals surface area (Å²) in [5.74, 6) is 0. The Labute approximate surface area is 253 Å². The molecule has 4 aromatic carbocycles. The average molecular weight is 595 g/mol. The predicted octanol–water partition coefficient (Wildman–Crippen LogP) is 6.90. The van der Waals surface area contributed by atoms with Gasteiger partial charge in [0.2, 0.25) is 0 Å². The van der Waals surface area contributed by atoms with Crippen LogP contribution in [-0.2, 0) is 30.5 Å². The molecule has 0 spiro atoms. The highest BCUT2D eigenvalue weighted by atomic mass is 28.4. The summed E-state index contributed by atoms with van der Waals surface area (Å²) in [6, 6.07) is 30.9. The van der Waals surface area contributed by atoms with E-state index in [9.17, 15) is 0 Å². The van der Waals surface area contributed by atoms with E-state index in [2.05, 4.69) is 120 Å². The van der Waals surface area contributed by atoms with Crippen LogP contribution in [0.5, 0.6) is 0 Å². The minimum atomic E-state index is -3.16. The summed E-state index contributed by atoms with van der Waals surface area (Å²) in [7, 11) is -6.33. The fraction of sp³-hybridized carbons (Fsp3) is 0.333. The molecule has 42 heavy (non-hydrogen) atoms. The van der Waals surface area contributed by atoms with Crippen molar-refractivity contribution in [3.8, 4) is 22.3 Å². The molecule has 0 aliphatic heterocycles. The predicted molar refractivity (Wildman–Crippen MR) is 176 cm³/mol. The topological polar surface area (TPSA) is 36.9 Å². The molecule has 0 N–H and O–H groups in total. The maximum absolute atomic E-state index is 7.03. The minimum Gasteiger partial charge on any atom is -0.391 e. The number of rotatable bonds is 12. The fourth-order valence-electron chi connectivity index (χ4n) is 7.44. The number of benzene rings is 4. The Morgan fingerprint density at radius 2 is 0.857 bits per heavy atom. The zero-order valence-corrected chi connectivity index (χ0v) is 27.5. The largest absolute Gasteiger partial charge is 0.391 e. The summed E-state index contributed by atoms with van der Waals surface area (Å²) >= 11 is 0. The van der Waals surface area contributed by atoms with Crippen molar-refractivity contribution in [3.05, 3.63) is 107 Å². The first kappa shape index (κ1) is 29.2. The zero-order chi connectivity index (χ0) is 29.3. The van der Waals surface area contributed by atoms with Crippen molar-refractivity contribution in [2.45, 2.75) is 52.6 Å². The third-order valence-electron chi connectivity index (χ3n) is 9.03. The zero-order valence-electron chi connectivity index (χ0n) is 25.5. The van der Waals surface area contributed by atoms with Crippen LogP contribution in [0.4, 0.5) is 0 Å². The molecule has 4 nitrogen and oxygen atoms in total. The first-order chi connectivity index (χ1) is 20.5. The van der Waals surface area contributed by atoms with E-state index in [1.807, 2.05) is 0 Å². The third-order valence-corrected chi connectivity index (χ3v) is 18.9. The Balaban J connectivity index is 1.57. The lowest BCUT2D eigenvalue weighted by Crippen LogP contribution is -2.71. The van der Waals surface area contributed by atoms with Crippen molar-refractivity contribution >= 4 is 27.5 Å². The van der Waals surface area contributed by atoms with Gasteiger partial charge in [-0.1, -0.05) is 91.9 Å². The fourth-order valence-corrected chi connectivity index (χ4v) is 17.8. The SMILES string of the molecule is CCO[Si](OCC)(c1cccc2c1Cc1ccccc1-2)C(C)[Si](OCC)(OCC)c1cccc2c1Cc1ccccc1-2. The summed E-state index contributed by atoms with van der Waals surface area (Å²) in [4.78, 5) is 0. The summed E-state index contributed by atoms with van der Waals surface area (Å²) in [5.41, 5.74) is 10.6. The smallest absolute Gasteiger partial charge is 0.378 e. The van der Waals surface area contributed by atoms with Gasteiger partial charge in [-0.3, -0.25) is 0 Å². The Bertz CT molecular complexity index is 1450. The monoisotopic (exact) mass is 594 g/mol. The molecule has 6 heteroatoms. The van der Waals surface area contributed by atoms with E-state index in [0.717, 1.165) is 12.8 Å². The van der Waals surface area contributed by atoms with Crippen molar-refractivity contribution in [1.29, 1.82) is 0 Å². The van der Waals surface area contributed by atoms with Crippen LogP contribution in [0.25, 0.3) is 22.3 Å². The summed E-state index contributed by atoms with van der Waals surface area (Å²) in [6.45, 7) is 12.9. The van der Waals surface area contributed by atoms with Gasteiger partial charge in [0.25, 0.3) is 0 Å². The molecule has 2 aliphatic carbocycles. The van der Waals surface area contributed by atoms with Gasteiger partial charge in [-0.15, -0.1) is 0 Å². The molecule has 0 radical (unpaired) electrons. The molecule has 0 bridgehead atoms. The van der Waals surface area contributed by atoms with E-state index in [4.69, 9.17) is 17.7 Å². The van der Waals surface area contributed by atoms with E-state index >= 15 is 0 Å². The van der Waals surface area contributed by atoms with Gasteiger partial charge < -0.3 is 17.7 Å². The van der Waals surface area contributed by atoms with E-state index in [0.29, 0.717) is 26.4 Å². The maximum atomic E-state index is 7.03. The van der Waals surface area contributed by atoms with E-state index < -0.39 is 17.1 Å². The standard InChI is InChI=1S/C36H42O4Si2/c1-6-37-41(38-7-2,35-22-14-20-31-29-18-12-10-16-27(29)24-33(31)35)26(5)42(39-8-3,40-9-4)36-23-15-21-32-30-19-13-11-17-28(30)25-34(32)36/h10-23,26H,6-9,24-25H2,1-5H3. The van der Waals surface area contributed by atoms with Crippen LogP contribution in [0.2, 0.25) is 5.16 Å². The van der Waals surface area contributed by atoms with E-state index in [1.165, 1.54) is 54.9 Å². The highest BCUT2D eigenvalue weighted by molar-refractivity contribution is 7.00. The number of hydrogen-bond acceptors (Lipinski definition) is 4. The van der Waals surface area contributed by atoms with Gasteiger partial charge in [-0.25, -0.2) is 0 Å². The number of hydrogen-bond donors (Lipinski definition) is 0. The molecule has 0 heterocycles. The van der Waals surface area contributed by atoms with Crippen LogP contribution >= 0.6 is 0 Å². The van der Waals surface area contributed by atoms with Crippen molar-refractivity contribution in [1.82, 2.24) is 0 Å². The van der Waals surface area contributed by atoms with Crippen molar-refractivity contribution in [3.63, 3.8) is 0 Å². The molecule has 4 aromatic rings. The normalized spacial score (nSPS) is 13.7. The summed E-state index contributed by atoms with van der Waals surface area (Å²) < 4.78 is 28.1. The summed E-state index contributed by atoms with van der Waals surface area (Å²) in [5, 5.41) is 2.36. The van der Waals surface area contributed by atoms with Gasteiger partial charge in [0.15, 0.2) is 0 Å². The highest BCUT2D eigenvalue weighted by Gasteiger charge is 2.62. The van der Waals surface area contributed by atoms with Crippen molar-refractivity contribution < 1.29 is 17.7 Å². The summed E-state index contributed by atoms with van der Waals surface area (Å²) in [6.07, 6.45) is 1.77. The van der Waals surface area contributed by atoms with E-state index in [-0.39, 0.29) is 5.16 Å². The molecular weight excluding hydrogens is 553 g/mol. The highest BCUT2D eigenvalue weighted by Crippen LogP contribution is 2.43. The van der Waals surface area contributed by atoms with E-state index in [1.54, 1.807) is 0 Å². The molecule has 0 aromatic heterocycles. The molecular formula is C36H42O4Si2. The Morgan fingerprint density at radius 3 is 1.24 bits per heavy atom. The maximum Gasteiger partial charge on any atom is 0.378 e. The molecule has 0 unspecified atom stereocenters. The molecule has 0 atom stereocenters. The molecule has 0 fully saturated rings. The molecule has 0 amide bonds. The number of fused-ring (bicyclic) bond motifs is 6. The lowest BCUT2D eigenvalue weighted by molar-refractivity contribution is 0.164. The Morgan fingerprint density at radius 1 is 0.500 bits per heavy atom. The van der Waals surface area contributed by atoms with Gasteiger partial charge in [0.1, 0.15) is 0 Å². The average Bonchev–Trinajstić information content (AvgIpc) is 3.59. The Kier molecular flexibility index (Phi) is 8.38. The lowest BCUT2D eigenvalue weighted by atomic mass is 10.1. The second kappa shape index (κ2) is 12.0. The van der Waals surface area contributed by atoms with Gasteiger partial charge in [0, 0.05) is 26.4 Å². The van der Waals surface area contributed by atoms with Crippen molar-refractivity contribution in [2.24, 2.45) is 0 Å². The second-order valence-electron chi connectivity index (χ2n) is 11.1. The minimum absolute atomic E-state index is 0.0878. The first-order valence-corrected chi connectivity index (χ1v) is 19.3. The van der Waals surface area contributed by atoms with Crippen molar-refractivity contribution in [2.75, 3.05) is 26.4 Å². The van der Waals surface area contributed by atoms with Crippen LogP contribution in [0, 0.1) is 0 Å². The second-order valence-corrected chi connectivity index (χ2v) is 18.3. The van der Waals surface area contributed by atoms with Gasteiger partial charge in [-0.05, 0) is 95.4 Å². The molecule has 218 valence electrons. The van der Waals surface area contributed by atoms with Gasteiger partial charge in [-0.2, -0.15) is 0 Å². The lowest BCUT2D eigenvalue weighted by Gasteiger charge is -2.45. The quantitative estimate of drug-likeness (QED) is 0.144. The Hall–Kier alpha value is -2.85. The van der Waals surface area contributed by atoms with Crippen LogP contribution < -0.4 is 10.4 Å².